The Morgan fingerprint density at radius 3 is 2.42 bits per heavy atom. The molecular weight excluding hydrogens is 477 g/mol. The number of hydrogen-bond donors (Lipinski definition) is 0. The van der Waals surface area contributed by atoms with Gasteiger partial charge in [-0.05, 0) is 62.4 Å². The molecule has 0 aliphatic carbocycles. The Morgan fingerprint density at radius 2 is 1.71 bits per heavy atom. The Bertz CT molecular complexity index is 1430. The Kier molecular flexibility index (Phi) is 7.47. The first-order valence-corrected chi connectivity index (χ1v) is 13.5. The summed E-state index contributed by atoms with van der Waals surface area (Å²) in [6.45, 7) is 13.3. The molecule has 1 fully saturated rings. The van der Waals surface area contributed by atoms with Gasteiger partial charge in [-0.15, -0.1) is 0 Å². The number of halogens is 1. The molecule has 5 rings (SSSR count). The van der Waals surface area contributed by atoms with Crippen molar-refractivity contribution in [2.75, 3.05) is 37.6 Å². The molecule has 1 aliphatic rings. The van der Waals surface area contributed by atoms with Gasteiger partial charge in [-0.25, -0.2) is 9.07 Å². The summed E-state index contributed by atoms with van der Waals surface area (Å²) in [5.41, 5.74) is 3.23. The van der Waals surface area contributed by atoms with Crippen LogP contribution in [0.5, 0.6) is 0 Å². The van der Waals surface area contributed by atoms with Crippen LogP contribution in [-0.4, -0.2) is 64.3 Å². The lowest BCUT2D eigenvalue weighted by molar-refractivity contribution is 0.0692. The van der Waals surface area contributed by atoms with Crippen molar-refractivity contribution in [3.63, 3.8) is 0 Å². The Balaban J connectivity index is 1.57. The number of fused-ring (bicyclic) bond motifs is 1. The number of aromatic nitrogens is 2. The molecule has 1 aliphatic heterocycles. The summed E-state index contributed by atoms with van der Waals surface area (Å²) in [6.07, 6.45) is 0. The lowest BCUT2D eigenvalue weighted by Crippen LogP contribution is -2.47. The molecule has 6 nitrogen and oxygen atoms in total. The summed E-state index contributed by atoms with van der Waals surface area (Å²) in [6, 6.07) is 20.4. The summed E-state index contributed by atoms with van der Waals surface area (Å²) in [7, 11) is 0. The number of carbonyl (C=O) groups excluding carboxylic acids is 1. The second-order valence-corrected chi connectivity index (χ2v) is 10.3. The molecule has 7 heteroatoms. The largest absolute Gasteiger partial charge is 0.354 e. The molecular formula is C31H36FN5O. The molecule has 38 heavy (non-hydrogen) atoms. The molecule has 2 heterocycles. The lowest BCUT2D eigenvalue weighted by Gasteiger charge is -2.36. The number of benzene rings is 3. The molecule has 0 atom stereocenters. The van der Waals surface area contributed by atoms with E-state index in [0.29, 0.717) is 17.8 Å². The topological polar surface area (TPSA) is 44.6 Å². The third-order valence-electron chi connectivity index (χ3n) is 7.56. The highest BCUT2D eigenvalue weighted by atomic mass is 19.1. The van der Waals surface area contributed by atoms with Crippen LogP contribution in [0.1, 0.15) is 42.4 Å². The van der Waals surface area contributed by atoms with Crippen molar-refractivity contribution in [1.82, 2.24) is 19.6 Å². The van der Waals surface area contributed by atoms with Crippen LogP contribution in [0, 0.1) is 12.7 Å². The Labute approximate surface area is 224 Å². The van der Waals surface area contributed by atoms with Crippen molar-refractivity contribution in [2.45, 2.75) is 40.3 Å². The van der Waals surface area contributed by atoms with Gasteiger partial charge >= 0.3 is 0 Å². The number of likely N-dealkylation sites (N-methyl/N-ethyl adjacent to an activating group) is 1. The van der Waals surface area contributed by atoms with Crippen LogP contribution in [0.15, 0.2) is 66.7 Å². The van der Waals surface area contributed by atoms with Gasteiger partial charge in [0.2, 0.25) is 0 Å². The highest BCUT2D eigenvalue weighted by Gasteiger charge is 2.29. The van der Waals surface area contributed by atoms with E-state index in [-0.39, 0.29) is 17.8 Å². The number of amides is 1. The highest BCUT2D eigenvalue weighted by molar-refractivity contribution is 6.07. The molecule has 0 bridgehead atoms. The van der Waals surface area contributed by atoms with E-state index in [0.717, 1.165) is 60.6 Å². The fraction of sp³-hybridized carbons (Fsp3) is 0.355. The average molecular weight is 514 g/mol. The number of anilines is 1. The van der Waals surface area contributed by atoms with Gasteiger partial charge in [-0.3, -0.25) is 4.79 Å². The first kappa shape index (κ1) is 25.9. The van der Waals surface area contributed by atoms with Crippen molar-refractivity contribution in [3.8, 4) is 5.69 Å². The summed E-state index contributed by atoms with van der Waals surface area (Å²) in [5, 5.41) is 6.89. The van der Waals surface area contributed by atoms with Crippen LogP contribution in [0.2, 0.25) is 0 Å². The maximum absolute atomic E-state index is 14.3. The minimum absolute atomic E-state index is 0.00328. The molecule has 0 N–H and O–H groups in total. The number of hydrogen-bond acceptors (Lipinski definition) is 4. The number of piperazine rings is 1. The zero-order chi connectivity index (χ0) is 26.8. The fourth-order valence-electron chi connectivity index (χ4n) is 5.35. The van der Waals surface area contributed by atoms with E-state index < -0.39 is 0 Å². The number of rotatable bonds is 7. The molecule has 4 aromatic rings. The quantitative estimate of drug-likeness (QED) is 0.320. The summed E-state index contributed by atoms with van der Waals surface area (Å²) >= 11 is 0. The van der Waals surface area contributed by atoms with Crippen LogP contribution in [0.4, 0.5) is 10.2 Å². The summed E-state index contributed by atoms with van der Waals surface area (Å²) in [4.78, 5) is 20.7. The maximum Gasteiger partial charge on any atom is 0.255 e. The highest BCUT2D eigenvalue weighted by Crippen LogP contribution is 2.31. The smallest absolute Gasteiger partial charge is 0.255 e. The molecule has 1 aromatic heterocycles. The zero-order valence-corrected chi connectivity index (χ0v) is 22.7. The van der Waals surface area contributed by atoms with Gasteiger partial charge in [0.1, 0.15) is 11.6 Å². The van der Waals surface area contributed by atoms with Gasteiger partial charge in [-0.2, -0.15) is 5.10 Å². The molecule has 0 spiro atoms. The van der Waals surface area contributed by atoms with E-state index in [2.05, 4.69) is 30.6 Å². The first-order chi connectivity index (χ1) is 18.4. The zero-order valence-electron chi connectivity index (χ0n) is 22.7. The van der Waals surface area contributed by atoms with Gasteiger partial charge in [0, 0.05) is 43.3 Å². The minimum atomic E-state index is -0.297. The standard InChI is InChI=1S/C31H36FN5O/c1-5-34-16-18-35(19-17-34)30-29(23(4)33-37(30)26-13-9-12-25(32)20-26)21-36(22(2)3)31(38)28-15-8-11-24-10-6-7-14-27(24)28/h6-15,20,22H,5,16-19,21H2,1-4H3. The number of carbonyl (C=O) groups is 1. The summed E-state index contributed by atoms with van der Waals surface area (Å²) in [5.74, 6) is 0.644. The second-order valence-electron chi connectivity index (χ2n) is 10.3. The van der Waals surface area contributed by atoms with Gasteiger partial charge in [0.25, 0.3) is 5.91 Å². The molecule has 0 saturated carbocycles. The predicted octanol–water partition coefficient (Wildman–Crippen LogP) is 5.67. The van der Waals surface area contributed by atoms with E-state index in [9.17, 15) is 9.18 Å². The van der Waals surface area contributed by atoms with Crippen LogP contribution < -0.4 is 4.90 Å². The van der Waals surface area contributed by atoms with Crippen LogP contribution >= 0.6 is 0 Å². The predicted molar refractivity (Wildman–Crippen MR) is 152 cm³/mol. The van der Waals surface area contributed by atoms with E-state index in [1.54, 1.807) is 6.07 Å². The molecule has 1 amide bonds. The van der Waals surface area contributed by atoms with Gasteiger partial charge in [0.15, 0.2) is 0 Å². The van der Waals surface area contributed by atoms with Gasteiger partial charge < -0.3 is 14.7 Å². The van der Waals surface area contributed by atoms with Crippen molar-refractivity contribution >= 4 is 22.5 Å². The molecule has 0 unspecified atom stereocenters. The molecule has 1 saturated heterocycles. The third kappa shape index (κ3) is 5.03. The monoisotopic (exact) mass is 513 g/mol. The number of nitrogens with zero attached hydrogens (tertiary/aromatic N) is 5. The van der Waals surface area contributed by atoms with Crippen LogP contribution in [-0.2, 0) is 6.54 Å². The van der Waals surface area contributed by atoms with Crippen LogP contribution in [0.25, 0.3) is 16.5 Å². The molecule has 198 valence electrons. The maximum atomic E-state index is 14.3. The second kappa shape index (κ2) is 11.0. The Hall–Kier alpha value is -3.71. The van der Waals surface area contributed by atoms with Crippen molar-refractivity contribution in [1.29, 1.82) is 0 Å². The fourth-order valence-corrected chi connectivity index (χ4v) is 5.35. The Morgan fingerprint density at radius 1 is 1.00 bits per heavy atom. The lowest BCUT2D eigenvalue weighted by atomic mass is 10.0. The van der Waals surface area contributed by atoms with Gasteiger partial charge in [0.05, 0.1) is 17.9 Å². The van der Waals surface area contributed by atoms with Gasteiger partial charge in [-0.1, -0.05) is 49.4 Å². The normalized spacial score (nSPS) is 14.4. The third-order valence-corrected chi connectivity index (χ3v) is 7.56. The van der Waals surface area contributed by atoms with Crippen molar-refractivity contribution in [2.24, 2.45) is 0 Å². The van der Waals surface area contributed by atoms with Crippen molar-refractivity contribution < 1.29 is 9.18 Å². The summed E-state index contributed by atoms with van der Waals surface area (Å²) < 4.78 is 16.1. The minimum Gasteiger partial charge on any atom is -0.354 e. The molecule has 3 aromatic carbocycles. The molecule has 0 radical (unpaired) electrons. The van der Waals surface area contributed by atoms with E-state index in [1.807, 2.05) is 65.0 Å². The van der Waals surface area contributed by atoms with Crippen LogP contribution in [0.3, 0.4) is 0 Å². The van der Waals surface area contributed by atoms with E-state index in [4.69, 9.17) is 5.10 Å². The SMILES string of the molecule is CCN1CCN(c2c(CN(C(=O)c3cccc4ccccc34)C(C)C)c(C)nn2-c2cccc(F)c2)CC1. The van der Waals surface area contributed by atoms with E-state index >= 15 is 0 Å². The first-order valence-electron chi connectivity index (χ1n) is 13.5. The van der Waals surface area contributed by atoms with E-state index in [1.165, 1.54) is 12.1 Å². The average Bonchev–Trinajstić information content (AvgIpc) is 3.26. The number of aryl methyl sites for hydroxylation is 1. The van der Waals surface area contributed by atoms with Crippen molar-refractivity contribution in [3.05, 3.63) is 89.4 Å².